The van der Waals surface area contributed by atoms with Gasteiger partial charge in [-0.15, -0.1) is 0 Å². The van der Waals surface area contributed by atoms with E-state index in [1.165, 1.54) is 11.6 Å². The smallest absolute Gasteiger partial charge is 0.179 e. The highest BCUT2D eigenvalue weighted by atomic mass is 16.4. The third-order valence-corrected chi connectivity index (χ3v) is 1.93. The molecule has 0 aromatic carbocycles. The SMILES string of the molecule is CC(=O)c1ccn(C(=NO)C(C)(C)C)n1. The average molecular weight is 209 g/mol. The molecule has 0 radical (unpaired) electrons. The van der Waals surface area contributed by atoms with Gasteiger partial charge in [-0.05, 0) is 6.07 Å². The number of rotatable bonds is 1. The van der Waals surface area contributed by atoms with Crippen molar-refractivity contribution in [1.29, 1.82) is 0 Å². The van der Waals surface area contributed by atoms with Gasteiger partial charge in [0.2, 0.25) is 0 Å². The van der Waals surface area contributed by atoms with Crippen LogP contribution in [0, 0.1) is 5.41 Å². The highest BCUT2D eigenvalue weighted by Gasteiger charge is 2.22. The van der Waals surface area contributed by atoms with E-state index in [1.807, 2.05) is 20.8 Å². The van der Waals surface area contributed by atoms with Crippen LogP contribution in [0.3, 0.4) is 0 Å². The van der Waals surface area contributed by atoms with Crippen molar-refractivity contribution in [2.24, 2.45) is 10.6 Å². The van der Waals surface area contributed by atoms with Crippen LogP contribution in [0.1, 0.15) is 38.2 Å². The quantitative estimate of drug-likeness (QED) is 0.252. The minimum absolute atomic E-state index is 0.111. The lowest BCUT2D eigenvalue weighted by atomic mass is 9.95. The molecule has 1 heterocycles. The van der Waals surface area contributed by atoms with E-state index in [1.54, 1.807) is 12.3 Å². The molecule has 0 fully saturated rings. The van der Waals surface area contributed by atoms with Crippen molar-refractivity contribution in [2.45, 2.75) is 27.7 Å². The van der Waals surface area contributed by atoms with Gasteiger partial charge in [0, 0.05) is 18.5 Å². The highest BCUT2D eigenvalue weighted by molar-refractivity contribution is 5.93. The molecule has 0 bridgehead atoms. The summed E-state index contributed by atoms with van der Waals surface area (Å²) in [5, 5.41) is 16.1. The van der Waals surface area contributed by atoms with Crippen molar-refractivity contribution in [1.82, 2.24) is 9.78 Å². The molecule has 0 unspecified atom stereocenters. The Kier molecular flexibility index (Phi) is 2.93. The van der Waals surface area contributed by atoms with E-state index in [-0.39, 0.29) is 11.2 Å². The first kappa shape index (κ1) is 11.4. The van der Waals surface area contributed by atoms with Gasteiger partial charge in [0.25, 0.3) is 0 Å². The lowest BCUT2D eigenvalue weighted by molar-refractivity contribution is 0.101. The molecular weight excluding hydrogens is 194 g/mol. The predicted molar refractivity (Wildman–Crippen MR) is 56.3 cm³/mol. The van der Waals surface area contributed by atoms with Crippen molar-refractivity contribution in [3.05, 3.63) is 18.0 Å². The molecule has 0 atom stereocenters. The summed E-state index contributed by atoms with van der Waals surface area (Å²) < 4.78 is 1.41. The maximum atomic E-state index is 11.0. The van der Waals surface area contributed by atoms with E-state index in [4.69, 9.17) is 5.21 Å². The second-order valence-electron chi connectivity index (χ2n) is 4.38. The van der Waals surface area contributed by atoms with Gasteiger partial charge in [-0.3, -0.25) is 4.79 Å². The molecule has 5 heteroatoms. The zero-order valence-electron chi connectivity index (χ0n) is 9.35. The van der Waals surface area contributed by atoms with E-state index in [0.29, 0.717) is 11.5 Å². The predicted octanol–water partition coefficient (Wildman–Crippen LogP) is 1.77. The van der Waals surface area contributed by atoms with Gasteiger partial charge in [-0.25, -0.2) is 4.68 Å². The zero-order chi connectivity index (χ0) is 11.6. The summed E-state index contributed by atoms with van der Waals surface area (Å²) in [4.78, 5) is 11.0. The fraction of sp³-hybridized carbons (Fsp3) is 0.500. The maximum absolute atomic E-state index is 11.0. The third kappa shape index (κ3) is 2.43. The van der Waals surface area contributed by atoms with Gasteiger partial charge in [0.1, 0.15) is 5.69 Å². The lowest BCUT2D eigenvalue weighted by Crippen LogP contribution is -2.28. The summed E-state index contributed by atoms with van der Waals surface area (Å²) in [6.45, 7) is 7.14. The number of Topliss-reactive ketones (excluding diaryl/α,β-unsaturated/α-hetero) is 1. The van der Waals surface area contributed by atoms with E-state index >= 15 is 0 Å². The minimum Gasteiger partial charge on any atom is -0.409 e. The molecule has 0 aliphatic carbocycles. The van der Waals surface area contributed by atoms with Crippen molar-refractivity contribution in [3.8, 4) is 0 Å². The van der Waals surface area contributed by atoms with Crippen molar-refractivity contribution in [2.75, 3.05) is 0 Å². The van der Waals surface area contributed by atoms with Gasteiger partial charge in [0.05, 0.1) is 0 Å². The third-order valence-electron chi connectivity index (χ3n) is 1.93. The van der Waals surface area contributed by atoms with E-state index in [0.717, 1.165) is 0 Å². The molecule has 1 aromatic heterocycles. The molecule has 0 spiro atoms. The van der Waals surface area contributed by atoms with Crippen LogP contribution in [0.15, 0.2) is 17.4 Å². The van der Waals surface area contributed by atoms with Gasteiger partial charge in [-0.1, -0.05) is 25.9 Å². The fourth-order valence-electron chi connectivity index (χ4n) is 1.17. The lowest BCUT2D eigenvalue weighted by Gasteiger charge is -2.19. The summed E-state index contributed by atoms with van der Waals surface area (Å²) in [5.41, 5.74) is 0.0230. The number of hydrogen-bond acceptors (Lipinski definition) is 4. The summed E-state index contributed by atoms with van der Waals surface area (Å²) in [7, 11) is 0. The summed E-state index contributed by atoms with van der Waals surface area (Å²) in [6, 6.07) is 1.60. The van der Waals surface area contributed by atoms with Gasteiger partial charge in [0.15, 0.2) is 11.6 Å². The minimum atomic E-state index is -0.338. The van der Waals surface area contributed by atoms with Crippen molar-refractivity contribution >= 4 is 11.6 Å². The molecule has 0 aliphatic rings. The Balaban J connectivity index is 3.11. The Labute approximate surface area is 88.4 Å². The Bertz CT molecular complexity index is 399. The van der Waals surface area contributed by atoms with E-state index < -0.39 is 0 Å². The molecule has 5 nitrogen and oxygen atoms in total. The number of aromatic nitrogens is 2. The number of oxime groups is 1. The summed E-state index contributed by atoms with van der Waals surface area (Å²) >= 11 is 0. The molecule has 1 N–H and O–H groups in total. The maximum Gasteiger partial charge on any atom is 0.179 e. The van der Waals surface area contributed by atoms with Crippen LogP contribution in [0.2, 0.25) is 0 Å². The number of ketones is 1. The van der Waals surface area contributed by atoms with Crippen LogP contribution in [-0.4, -0.2) is 26.6 Å². The first-order valence-electron chi connectivity index (χ1n) is 4.66. The van der Waals surface area contributed by atoms with Crippen molar-refractivity contribution in [3.63, 3.8) is 0 Å². The van der Waals surface area contributed by atoms with Crippen LogP contribution < -0.4 is 0 Å². The number of hydrogen-bond donors (Lipinski definition) is 1. The molecule has 15 heavy (non-hydrogen) atoms. The normalized spacial score (nSPS) is 12.9. The van der Waals surface area contributed by atoms with Crippen LogP contribution in [0.5, 0.6) is 0 Å². The van der Waals surface area contributed by atoms with Crippen LogP contribution >= 0.6 is 0 Å². The number of nitrogens with zero attached hydrogens (tertiary/aromatic N) is 3. The molecule has 1 rings (SSSR count). The molecule has 0 amide bonds. The molecule has 82 valence electrons. The second kappa shape index (κ2) is 3.84. The van der Waals surface area contributed by atoms with E-state index in [2.05, 4.69) is 10.3 Å². The zero-order valence-corrected chi connectivity index (χ0v) is 9.35. The number of carbonyl (C=O) groups is 1. The van der Waals surface area contributed by atoms with Crippen LogP contribution in [-0.2, 0) is 0 Å². The Hall–Kier alpha value is -1.65. The topological polar surface area (TPSA) is 67.5 Å². The van der Waals surface area contributed by atoms with Crippen LogP contribution in [0.4, 0.5) is 0 Å². The van der Waals surface area contributed by atoms with E-state index in [9.17, 15) is 4.79 Å². The van der Waals surface area contributed by atoms with Gasteiger partial charge < -0.3 is 5.21 Å². The molecule has 0 saturated carbocycles. The molecule has 0 saturated heterocycles. The Morgan fingerprint density at radius 1 is 1.53 bits per heavy atom. The summed E-state index contributed by atoms with van der Waals surface area (Å²) in [5.74, 6) is 0.287. The molecule has 1 aromatic rings. The fourth-order valence-corrected chi connectivity index (χ4v) is 1.17. The summed E-state index contributed by atoms with van der Waals surface area (Å²) in [6.07, 6.45) is 1.61. The van der Waals surface area contributed by atoms with Crippen LogP contribution in [0.25, 0.3) is 0 Å². The molecule has 0 aliphatic heterocycles. The number of carbonyl (C=O) groups excluding carboxylic acids is 1. The monoisotopic (exact) mass is 209 g/mol. The van der Waals surface area contributed by atoms with Gasteiger partial charge in [-0.2, -0.15) is 5.10 Å². The van der Waals surface area contributed by atoms with Gasteiger partial charge >= 0.3 is 0 Å². The standard InChI is InChI=1S/C10H15N3O2/c1-7(14)8-5-6-13(11-8)9(12-15)10(2,3)4/h5-6,15H,1-4H3. The Morgan fingerprint density at radius 3 is 2.47 bits per heavy atom. The second-order valence-corrected chi connectivity index (χ2v) is 4.38. The average Bonchev–Trinajstić information content (AvgIpc) is 2.51. The Morgan fingerprint density at radius 2 is 2.13 bits per heavy atom. The first-order chi connectivity index (χ1) is 6.86. The van der Waals surface area contributed by atoms with Crippen molar-refractivity contribution < 1.29 is 10.0 Å². The largest absolute Gasteiger partial charge is 0.409 e. The first-order valence-corrected chi connectivity index (χ1v) is 4.66. The highest BCUT2D eigenvalue weighted by Crippen LogP contribution is 2.17. The molecular formula is C10H15N3O2.